The second-order valence-electron chi connectivity index (χ2n) is 7.29. The van der Waals surface area contributed by atoms with Gasteiger partial charge >= 0.3 is 0 Å². The third-order valence-electron chi connectivity index (χ3n) is 5.46. The Labute approximate surface area is 153 Å². The highest BCUT2D eigenvalue weighted by atomic mass is 16.5. The van der Waals surface area contributed by atoms with Gasteiger partial charge in [-0.25, -0.2) is 0 Å². The molecule has 6 heteroatoms. The first-order valence-corrected chi connectivity index (χ1v) is 9.21. The van der Waals surface area contributed by atoms with Crippen molar-refractivity contribution in [2.75, 3.05) is 13.7 Å². The van der Waals surface area contributed by atoms with Gasteiger partial charge in [0, 0.05) is 5.56 Å². The van der Waals surface area contributed by atoms with Gasteiger partial charge in [-0.15, -0.1) is 0 Å². The van der Waals surface area contributed by atoms with Gasteiger partial charge in [-0.1, -0.05) is 30.5 Å². The summed E-state index contributed by atoms with van der Waals surface area (Å²) in [6.07, 6.45) is 3.46. The van der Waals surface area contributed by atoms with Crippen LogP contribution in [0, 0.1) is 18.8 Å². The lowest BCUT2D eigenvalue weighted by Crippen LogP contribution is -2.41. The van der Waals surface area contributed by atoms with Crippen molar-refractivity contribution in [3.63, 3.8) is 0 Å². The van der Waals surface area contributed by atoms with Crippen LogP contribution >= 0.6 is 0 Å². The number of nitrogens with zero attached hydrogens (tertiary/aromatic N) is 1. The summed E-state index contributed by atoms with van der Waals surface area (Å²) in [4.78, 5) is 38.6. The number of nitrogens with one attached hydrogen (secondary N) is 1. The quantitative estimate of drug-likeness (QED) is 0.820. The van der Waals surface area contributed by atoms with E-state index in [4.69, 9.17) is 4.74 Å². The van der Waals surface area contributed by atoms with E-state index in [1.54, 1.807) is 7.11 Å². The van der Waals surface area contributed by atoms with Gasteiger partial charge in [0.2, 0.25) is 17.7 Å². The smallest absolute Gasteiger partial charge is 0.240 e. The van der Waals surface area contributed by atoms with Crippen LogP contribution in [0.2, 0.25) is 0 Å². The van der Waals surface area contributed by atoms with Crippen LogP contribution in [0.5, 0.6) is 5.75 Å². The lowest BCUT2D eigenvalue weighted by Gasteiger charge is -2.20. The topological polar surface area (TPSA) is 75.7 Å². The van der Waals surface area contributed by atoms with Crippen molar-refractivity contribution >= 4 is 17.7 Å². The van der Waals surface area contributed by atoms with Gasteiger partial charge in [0.1, 0.15) is 12.3 Å². The predicted octanol–water partition coefficient (Wildman–Crippen LogP) is 2.36. The molecule has 1 saturated carbocycles. The van der Waals surface area contributed by atoms with Gasteiger partial charge in [-0.2, -0.15) is 0 Å². The molecule has 1 aromatic carbocycles. The maximum Gasteiger partial charge on any atom is 0.240 e. The van der Waals surface area contributed by atoms with Crippen LogP contribution in [-0.2, 0) is 14.4 Å². The second-order valence-corrected chi connectivity index (χ2v) is 7.29. The summed E-state index contributed by atoms with van der Waals surface area (Å²) in [5, 5.41) is 2.88. The zero-order valence-corrected chi connectivity index (χ0v) is 15.6. The summed E-state index contributed by atoms with van der Waals surface area (Å²) in [6.45, 7) is 3.63. The summed E-state index contributed by atoms with van der Waals surface area (Å²) in [5.74, 6) is -0.452. The molecule has 3 amide bonds. The fourth-order valence-electron chi connectivity index (χ4n) is 4.09. The molecule has 26 heavy (non-hydrogen) atoms. The Bertz CT molecular complexity index is 707. The molecule has 1 aromatic rings. The van der Waals surface area contributed by atoms with Crippen LogP contribution < -0.4 is 10.1 Å². The Morgan fingerprint density at radius 3 is 2.42 bits per heavy atom. The minimum absolute atomic E-state index is 0.185. The predicted molar refractivity (Wildman–Crippen MR) is 96.5 cm³/mol. The molecule has 0 bridgehead atoms. The fraction of sp³-hybridized carbons (Fsp3) is 0.550. The molecule has 1 heterocycles. The number of imide groups is 1. The van der Waals surface area contributed by atoms with E-state index < -0.39 is 0 Å². The van der Waals surface area contributed by atoms with E-state index in [2.05, 4.69) is 5.32 Å². The summed E-state index contributed by atoms with van der Waals surface area (Å²) < 4.78 is 5.36. The fourth-order valence-corrected chi connectivity index (χ4v) is 4.09. The van der Waals surface area contributed by atoms with Crippen LogP contribution in [0.25, 0.3) is 0 Å². The molecule has 1 N–H and O–H groups in total. The maximum atomic E-state index is 12.5. The number of carbonyl (C=O) groups is 3. The Balaban J connectivity index is 1.66. The average Bonchev–Trinajstić information content (AvgIpc) is 2.87. The van der Waals surface area contributed by atoms with E-state index in [0.717, 1.165) is 41.7 Å². The zero-order chi connectivity index (χ0) is 18.8. The first-order valence-electron chi connectivity index (χ1n) is 9.21. The lowest BCUT2D eigenvalue weighted by molar-refractivity contribution is -0.143. The number of amides is 3. The van der Waals surface area contributed by atoms with Crippen molar-refractivity contribution in [2.24, 2.45) is 11.8 Å². The first-order chi connectivity index (χ1) is 12.4. The molecule has 1 aliphatic heterocycles. The zero-order valence-electron chi connectivity index (χ0n) is 15.6. The third kappa shape index (κ3) is 3.45. The van der Waals surface area contributed by atoms with Crippen molar-refractivity contribution in [2.45, 2.75) is 45.6 Å². The molecule has 3 unspecified atom stereocenters. The van der Waals surface area contributed by atoms with Crippen molar-refractivity contribution in [3.8, 4) is 5.75 Å². The van der Waals surface area contributed by atoms with E-state index in [1.807, 2.05) is 32.0 Å². The van der Waals surface area contributed by atoms with E-state index in [0.29, 0.717) is 5.75 Å². The number of benzene rings is 1. The number of fused-ring (bicyclic) bond motifs is 1. The molecule has 0 spiro atoms. The van der Waals surface area contributed by atoms with Crippen molar-refractivity contribution < 1.29 is 19.1 Å². The van der Waals surface area contributed by atoms with Gasteiger partial charge < -0.3 is 10.1 Å². The molecule has 3 rings (SSSR count). The minimum Gasteiger partial charge on any atom is -0.496 e. The monoisotopic (exact) mass is 358 g/mol. The molecular weight excluding hydrogens is 332 g/mol. The number of likely N-dealkylation sites (tertiary alicyclic amines) is 1. The molecular formula is C20H26N2O4. The SMILES string of the molecule is COc1ccc(C)cc1C(C)NC(=O)CN1C(=O)C2CCCCC2C1=O. The Morgan fingerprint density at radius 2 is 1.85 bits per heavy atom. The number of ether oxygens (including phenoxy) is 1. The largest absolute Gasteiger partial charge is 0.496 e. The highest BCUT2D eigenvalue weighted by Crippen LogP contribution is 2.37. The van der Waals surface area contributed by atoms with Gasteiger partial charge in [0.05, 0.1) is 25.0 Å². The number of hydrogen-bond donors (Lipinski definition) is 1. The first kappa shape index (κ1) is 18.4. The van der Waals surface area contributed by atoms with Crippen molar-refractivity contribution in [1.82, 2.24) is 10.2 Å². The number of aryl methyl sites for hydroxylation is 1. The highest BCUT2D eigenvalue weighted by Gasteiger charge is 2.48. The molecule has 6 nitrogen and oxygen atoms in total. The van der Waals surface area contributed by atoms with Crippen LogP contribution in [0.1, 0.15) is 49.8 Å². The molecule has 0 radical (unpaired) electrons. The number of carbonyl (C=O) groups excluding carboxylic acids is 3. The van der Waals surface area contributed by atoms with Crippen molar-refractivity contribution in [1.29, 1.82) is 0 Å². The van der Waals surface area contributed by atoms with Crippen LogP contribution in [0.15, 0.2) is 18.2 Å². The Hall–Kier alpha value is -2.37. The third-order valence-corrected chi connectivity index (χ3v) is 5.46. The van der Waals surface area contributed by atoms with Gasteiger partial charge in [-0.3, -0.25) is 19.3 Å². The average molecular weight is 358 g/mol. The molecule has 3 atom stereocenters. The summed E-state index contributed by atoms with van der Waals surface area (Å²) in [5.41, 5.74) is 1.93. The van der Waals surface area contributed by atoms with E-state index in [-0.39, 0.29) is 42.1 Å². The molecule has 1 aliphatic carbocycles. The summed E-state index contributed by atoms with van der Waals surface area (Å²) in [7, 11) is 1.59. The van der Waals surface area contributed by atoms with Crippen LogP contribution in [0.4, 0.5) is 0 Å². The van der Waals surface area contributed by atoms with Gasteiger partial charge in [-0.05, 0) is 32.8 Å². The lowest BCUT2D eigenvalue weighted by atomic mass is 9.81. The Morgan fingerprint density at radius 1 is 1.23 bits per heavy atom. The molecule has 140 valence electrons. The van der Waals surface area contributed by atoms with Crippen LogP contribution in [-0.4, -0.2) is 36.3 Å². The second kappa shape index (κ2) is 7.48. The van der Waals surface area contributed by atoms with E-state index in [9.17, 15) is 14.4 Å². The maximum absolute atomic E-state index is 12.5. The standard InChI is InChI=1S/C20H26N2O4/c1-12-8-9-17(26-3)16(10-12)13(2)21-18(23)11-22-19(24)14-6-4-5-7-15(14)20(22)25/h8-10,13-15H,4-7,11H2,1-3H3,(H,21,23). The molecule has 1 saturated heterocycles. The Kier molecular flexibility index (Phi) is 5.30. The summed E-state index contributed by atoms with van der Waals surface area (Å²) >= 11 is 0. The minimum atomic E-state index is -0.332. The summed E-state index contributed by atoms with van der Waals surface area (Å²) in [6, 6.07) is 5.49. The van der Waals surface area contributed by atoms with Crippen LogP contribution in [0.3, 0.4) is 0 Å². The van der Waals surface area contributed by atoms with Crippen molar-refractivity contribution in [3.05, 3.63) is 29.3 Å². The molecule has 0 aromatic heterocycles. The van der Waals surface area contributed by atoms with Gasteiger partial charge in [0.25, 0.3) is 0 Å². The van der Waals surface area contributed by atoms with Gasteiger partial charge in [0.15, 0.2) is 0 Å². The number of methoxy groups -OCH3 is 1. The van der Waals surface area contributed by atoms with E-state index in [1.165, 1.54) is 0 Å². The molecule has 2 aliphatic rings. The van der Waals surface area contributed by atoms with E-state index >= 15 is 0 Å². The normalized spacial score (nSPS) is 23.6. The highest BCUT2D eigenvalue weighted by molar-refractivity contribution is 6.07. The molecule has 2 fully saturated rings. The number of rotatable bonds is 5. The number of hydrogen-bond acceptors (Lipinski definition) is 4.